The molecule has 1 aromatic heterocycles. The third-order valence-electron chi connectivity index (χ3n) is 11.6. The van der Waals surface area contributed by atoms with E-state index in [0.29, 0.717) is 0 Å². The first-order valence-electron chi connectivity index (χ1n) is 19.9. The second kappa shape index (κ2) is 14.1. The predicted octanol–water partition coefficient (Wildman–Crippen LogP) is 15.6. The molecule has 0 N–H and O–H groups in total. The maximum Gasteiger partial charge on any atom is 0.0618 e. The van der Waals surface area contributed by atoms with Crippen LogP contribution < -0.4 is 4.90 Å². The van der Waals surface area contributed by atoms with Crippen molar-refractivity contribution in [3.63, 3.8) is 0 Å². The molecule has 0 aliphatic rings. The quantitative estimate of drug-likeness (QED) is 0.148. The Labute approximate surface area is 338 Å². The number of benzene rings is 10. The van der Waals surface area contributed by atoms with Crippen molar-refractivity contribution in [2.24, 2.45) is 0 Å². The molecular formula is C56H38N2. The summed E-state index contributed by atoms with van der Waals surface area (Å²) < 4.78 is 2.48. The van der Waals surface area contributed by atoms with Crippen molar-refractivity contribution in [3.05, 3.63) is 231 Å². The monoisotopic (exact) mass is 738 g/mol. The summed E-state index contributed by atoms with van der Waals surface area (Å²) in [5.41, 5.74) is 13.8. The molecule has 0 aliphatic carbocycles. The Morgan fingerprint density at radius 2 is 0.776 bits per heavy atom. The van der Waals surface area contributed by atoms with E-state index in [-0.39, 0.29) is 0 Å². The predicted molar refractivity (Wildman–Crippen MR) is 247 cm³/mol. The van der Waals surface area contributed by atoms with Gasteiger partial charge in [0.05, 0.1) is 22.4 Å². The maximum absolute atomic E-state index is 2.48. The molecule has 11 aromatic rings. The molecule has 0 fully saturated rings. The molecule has 0 radical (unpaired) electrons. The number of anilines is 3. The van der Waals surface area contributed by atoms with Crippen molar-refractivity contribution in [2.45, 2.75) is 0 Å². The van der Waals surface area contributed by atoms with E-state index in [9.17, 15) is 0 Å². The van der Waals surface area contributed by atoms with Gasteiger partial charge < -0.3 is 9.47 Å². The Balaban J connectivity index is 1.18. The number of hydrogen-bond acceptors (Lipinski definition) is 1. The van der Waals surface area contributed by atoms with Crippen LogP contribution in [-0.4, -0.2) is 4.57 Å². The lowest BCUT2D eigenvalue weighted by atomic mass is 9.94. The molecule has 0 bridgehead atoms. The van der Waals surface area contributed by atoms with E-state index in [4.69, 9.17) is 0 Å². The fourth-order valence-electron chi connectivity index (χ4n) is 8.93. The van der Waals surface area contributed by atoms with Crippen LogP contribution in [0.1, 0.15) is 0 Å². The lowest BCUT2D eigenvalue weighted by Gasteiger charge is -2.29. The number of aromatic nitrogens is 1. The molecule has 272 valence electrons. The molecule has 2 nitrogen and oxygen atoms in total. The van der Waals surface area contributed by atoms with Crippen LogP contribution in [0.5, 0.6) is 0 Å². The van der Waals surface area contributed by atoms with Crippen molar-refractivity contribution in [1.29, 1.82) is 0 Å². The number of fused-ring (bicyclic) bond motifs is 6. The molecule has 0 saturated heterocycles. The van der Waals surface area contributed by atoms with Crippen LogP contribution >= 0.6 is 0 Å². The summed E-state index contributed by atoms with van der Waals surface area (Å²) in [6.07, 6.45) is 0. The Bertz CT molecular complexity index is 3230. The zero-order valence-electron chi connectivity index (χ0n) is 31.8. The van der Waals surface area contributed by atoms with Crippen LogP contribution in [-0.2, 0) is 0 Å². The minimum Gasteiger partial charge on any atom is -0.310 e. The Kier molecular flexibility index (Phi) is 8.19. The molecule has 0 amide bonds. The highest BCUT2D eigenvalue weighted by atomic mass is 15.1. The van der Waals surface area contributed by atoms with Gasteiger partial charge in [-0.25, -0.2) is 0 Å². The Morgan fingerprint density at radius 1 is 0.293 bits per heavy atom. The van der Waals surface area contributed by atoms with Crippen LogP contribution in [0.3, 0.4) is 0 Å². The summed E-state index contributed by atoms with van der Waals surface area (Å²) >= 11 is 0. The number of para-hydroxylation sites is 4. The van der Waals surface area contributed by atoms with E-state index in [2.05, 4.69) is 240 Å². The van der Waals surface area contributed by atoms with E-state index in [1.807, 2.05) is 0 Å². The summed E-state index contributed by atoms with van der Waals surface area (Å²) in [6, 6.07) is 83.8. The highest BCUT2D eigenvalue weighted by molar-refractivity contribution is 6.11. The van der Waals surface area contributed by atoms with Crippen molar-refractivity contribution in [3.8, 4) is 39.1 Å². The third kappa shape index (κ3) is 5.66. The standard InChI is InChI=1S/C56H38N2/c1-3-17-39(18-4-1)47-25-9-12-30-53(47)57(45-36-35-42-34-33-41-21-7-8-24-46(41)52(42)38-45)44-23-15-22-43(37-44)49-29-16-28-48(40-19-5-2-6-20-40)56(49)58-54-31-13-10-26-50(54)51-27-11-14-32-55(51)58/h1-38H. The molecule has 0 aliphatic heterocycles. The van der Waals surface area contributed by atoms with E-state index >= 15 is 0 Å². The minimum absolute atomic E-state index is 1.08. The van der Waals surface area contributed by atoms with Crippen molar-refractivity contribution in [1.82, 2.24) is 4.57 Å². The third-order valence-corrected chi connectivity index (χ3v) is 11.6. The van der Waals surface area contributed by atoms with Gasteiger partial charge in [0.25, 0.3) is 0 Å². The van der Waals surface area contributed by atoms with Crippen LogP contribution in [0, 0.1) is 0 Å². The van der Waals surface area contributed by atoms with Gasteiger partial charge in [0.15, 0.2) is 0 Å². The molecule has 0 saturated carbocycles. The van der Waals surface area contributed by atoms with Gasteiger partial charge >= 0.3 is 0 Å². The Morgan fingerprint density at radius 3 is 1.50 bits per heavy atom. The first-order chi connectivity index (χ1) is 28.8. The van der Waals surface area contributed by atoms with Crippen molar-refractivity contribution in [2.75, 3.05) is 4.90 Å². The first-order valence-corrected chi connectivity index (χ1v) is 19.9. The fourth-order valence-corrected chi connectivity index (χ4v) is 8.93. The summed E-state index contributed by atoms with van der Waals surface area (Å²) in [6.45, 7) is 0. The van der Waals surface area contributed by atoms with Crippen molar-refractivity contribution < 1.29 is 0 Å². The average Bonchev–Trinajstić information content (AvgIpc) is 3.64. The molecule has 58 heavy (non-hydrogen) atoms. The van der Waals surface area contributed by atoms with E-state index < -0.39 is 0 Å². The number of nitrogens with zero attached hydrogens (tertiary/aromatic N) is 2. The highest BCUT2D eigenvalue weighted by Gasteiger charge is 2.22. The van der Waals surface area contributed by atoms with E-state index in [1.165, 1.54) is 65.6 Å². The van der Waals surface area contributed by atoms with Gasteiger partial charge in [0.1, 0.15) is 0 Å². The molecule has 0 unspecified atom stereocenters. The largest absolute Gasteiger partial charge is 0.310 e. The summed E-state index contributed by atoms with van der Waals surface area (Å²) in [5, 5.41) is 7.43. The normalized spacial score (nSPS) is 11.4. The molecule has 0 atom stereocenters. The van der Waals surface area contributed by atoms with E-state index in [0.717, 1.165) is 33.9 Å². The number of rotatable bonds is 7. The zero-order valence-corrected chi connectivity index (χ0v) is 31.8. The zero-order chi connectivity index (χ0) is 38.4. The second-order valence-corrected chi connectivity index (χ2v) is 14.9. The van der Waals surface area contributed by atoms with Crippen LogP contribution in [0.2, 0.25) is 0 Å². The van der Waals surface area contributed by atoms with Gasteiger partial charge in [-0.05, 0) is 80.7 Å². The molecule has 11 rings (SSSR count). The topological polar surface area (TPSA) is 8.17 Å². The first kappa shape index (κ1) is 33.6. The lowest BCUT2D eigenvalue weighted by Crippen LogP contribution is -2.11. The molecule has 2 heteroatoms. The van der Waals surface area contributed by atoms with Crippen LogP contribution in [0.25, 0.3) is 82.4 Å². The minimum atomic E-state index is 1.08. The van der Waals surface area contributed by atoms with Gasteiger partial charge in [0.2, 0.25) is 0 Å². The van der Waals surface area contributed by atoms with Gasteiger partial charge in [-0.15, -0.1) is 0 Å². The van der Waals surface area contributed by atoms with Gasteiger partial charge in [-0.1, -0.05) is 188 Å². The molecule has 10 aromatic carbocycles. The van der Waals surface area contributed by atoms with Gasteiger partial charge in [0, 0.05) is 38.8 Å². The molecular weight excluding hydrogens is 701 g/mol. The average molecular weight is 739 g/mol. The van der Waals surface area contributed by atoms with Crippen molar-refractivity contribution >= 4 is 60.4 Å². The second-order valence-electron chi connectivity index (χ2n) is 14.9. The summed E-state index contributed by atoms with van der Waals surface area (Å²) in [5.74, 6) is 0. The Hall–Kier alpha value is -7.68. The van der Waals surface area contributed by atoms with Gasteiger partial charge in [-0.2, -0.15) is 0 Å². The smallest absolute Gasteiger partial charge is 0.0618 e. The molecule has 1 heterocycles. The van der Waals surface area contributed by atoms with Gasteiger partial charge in [-0.3, -0.25) is 0 Å². The van der Waals surface area contributed by atoms with E-state index in [1.54, 1.807) is 0 Å². The SMILES string of the molecule is c1ccc(-c2ccccc2N(c2cccc(-c3cccc(-c4ccccc4)c3-n3c4ccccc4c4ccccc43)c2)c2ccc3ccc4ccccc4c3c2)cc1. The maximum atomic E-state index is 2.48. The molecule has 0 spiro atoms. The fraction of sp³-hybridized carbons (Fsp3) is 0. The lowest BCUT2D eigenvalue weighted by molar-refractivity contribution is 1.18. The summed E-state index contributed by atoms with van der Waals surface area (Å²) in [7, 11) is 0. The van der Waals surface area contributed by atoms with Crippen LogP contribution in [0.4, 0.5) is 17.1 Å². The van der Waals surface area contributed by atoms with Crippen LogP contribution in [0.15, 0.2) is 231 Å². The number of hydrogen-bond donors (Lipinski definition) is 0. The highest BCUT2D eigenvalue weighted by Crippen LogP contribution is 2.45. The summed E-state index contributed by atoms with van der Waals surface area (Å²) in [4.78, 5) is 2.44.